The normalized spacial score (nSPS) is 10.4. The van der Waals surface area contributed by atoms with Crippen LogP contribution in [0.3, 0.4) is 0 Å². The molecular formula is C20H12N4OS. The number of rotatable bonds is 3. The van der Waals surface area contributed by atoms with Crippen LogP contribution in [0.5, 0.6) is 0 Å². The summed E-state index contributed by atoms with van der Waals surface area (Å²) in [5, 5.41) is 16.5. The van der Waals surface area contributed by atoms with Gasteiger partial charge in [0.05, 0.1) is 16.8 Å². The molecule has 0 atom stereocenters. The lowest BCUT2D eigenvalue weighted by Crippen LogP contribution is -2.24. The summed E-state index contributed by atoms with van der Waals surface area (Å²) >= 11 is 1.45. The quantitative estimate of drug-likeness (QED) is 0.558. The SMILES string of the molecule is N#Cc1ccccc1-n1nc(-c2nccs2)cc(-c2ccccc2)c1=O. The van der Waals surface area contributed by atoms with Crippen LogP contribution in [0.2, 0.25) is 0 Å². The van der Waals surface area contributed by atoms with Gasteiger partial charge in [0.1, 0.15) is 16.8 Å². The molecule has 2 heterocycles. The predicted molar refractivity (Wildman–Crippen MR) is 101 cm³/mol. The Balaban J connectivity index is 2.04. The van der Waals surface area contributed by atoms with E-state index < -0.39 is 0 Å². The minimum absolute atomic E-state index is 0.279. The van der Waals surface area contributed by atoms with Crippen LogP contribution in [0.25, 0.3) is 27.5 Å². The maximum absolute atomic E-state index is 13.1. The van der Waals surface area contributed by atoms with Gasteiger partial charge in [-0.2, -0.15) is 15.0 Å². The van der Waals surface area contributed by atoms with Crippen LogP contribution in [0.15, 0.2) is 77.0 Å². The number of hydrogen-bond donors (Lipinski definition) is 0. The molecule has 0 radical (unpaired) electrons. The van der Waals surface area contributed by atoms with Crippen LogP contribution in [0.1, 0.15) is 5.56 Å². The summed E-state index contributed by atoms with van der Waals surface area (Å²) < 4.78 is 1.29. The summed E-state index contributed by atoms with van der Waals surface area (Å²) in [6, 6.07) is 20.2. The number of nitriles is 1. The molecule has 26 heavy (non-hydrogen) atoms. The second-order valence-corrected chi connectivity index (χ2v) is 6.39. The molecule has 6 heteroatoms. The summed E-state index contributed by atoms with van der Waals surface area (Å²) in [6.45, 7) is 0. The van der Waals surface area contributed by atoms with E-state index in [1.165, 1.54) is 16.0 Å². The second-order valence-electron chi connectivity index (χ2n) is 5.49. The highest BCUT2D eigenvalue weighted by atomic mass is 32.1. The third kappa shape index (κ3) is 2.81. The van der Waals surface area contributed by atoms with Crippen molar-refractivity contribution in [2.75, 3.05) is 0 Å². The summed E-state index contributed by atoms with van der Waals surface area (Å²) in [6.07, 6.45) is 1.70. The lowest BCUT2D eigenvalue weighted by Gasteiger charge is -2.11. The molecule has 0 bridgehead atoms. The van der Waals surface area contributed by atoms with Gasteiger partial charge < -0.3 is 0 Å². The molecule has 2 aromatic heterocycles. The zero-order valence-electron chi connectivity index (χ0n) is 13.5. The maximum atomic E-state index is 13.1. The zero-order chi connectivity index (χ0) is 17.9. The Morgan fingerprint density at radius 2 is 1.81 bits per heavy atom. The van der Waals surface area contributed by atoms with Gasteiger partial charge in [0.15, 0.2) is 0 Å². The lowest BCUT2D eigenvalue weighted by molar-refractivity contribution is 0.812. The van der Waals surface area contributed by atoms with Gasteiger partial charge in [-0.25, -0.2) is 4.98 Å². The number of thiazole rings is 1. The third-order valence-corrected chi connectivity index (χ3v) is 4.70. The van der Waals surface area contributed by atoms with Crippen molar-refractivity contribution < 1.29 is 0 Å². The first kappa shape index (κ1) is 15.9. The van der Waals surface area contributed by atoms with Gasteiger partial charge >= 0.3 is 0 Å². The van der Waals surface area contributed by atoms with E-state index in [4.69, 9.17) is 0 Å². The summed E-state index contributed by atoms with van der Waals surface area (Å²) in [7, 11) is 0. The van der Waals surface area contributed by atoms with Gasteiger partial charge in [0, 0.05) is 11.6 Å². The molecule has 4 rings (SSSR count). The fourth-order valence-corrected chi connectivity index (χ4v) is 3.28. The van der Waals surface area contributed by atoms with Crippen LogP contribution >= 0.6 is 11.3 Å². The van der Waals surface area contributed by atoms with E-state index in [0.29, 0.717) is 27.5 Å². The molecule has 0 aliphatic heterocycles. The van der Waals surface area contributed by atoms with Crippen molar-refractivity contribution >= 4 is 11.3 Å². The topological polar surface area (TPSA) is 71.6 Å². The Labute approximate surface area is 153 Å². The Morgan fingerprint density at radius 1 is 1.04 bits per heavy atom. The number of benzene rings is 2. The molecule has 0 saturated heterocycles. The maximum Gasteiger partial charge on any atom is 0.279 e. The molecule has 4 aromatic rings. The Morgan fingerprint density at radius 3 is 2.54 bits per heavy atom. The highest BCUT2D eigenvalue weighted by Gasteiger charge is 2.16. The molecule has 0 saturated carbocycles. The first-order chi connectivity index (χ1) is 12.8. The molecule has 5 nitrogen and oxygen atoms in total. The van der Waals surface area contributed by atoms with E-state index in [1.807, 2.05) is 35.7 Å². The average molecular weight is 356 g/mol. The van der Waals surface area contributed by atoms with E-state index in [0.717, 1.165) is 5.56 Å². The number of nitrogens with zero attached hydrogens (tertiary/aromatic N) is 4. The predicted octanol–water partition coefficient (Wildman–Crippen LogP) is 3.89. The molecule has 0 spiro atoms. The van der Waals surface area contributed by atoms with Crippen LogP contribution in [0, 0.1) is 11.3 Å². The molecule has 0 fully saturated rings. The van der Waals surface area contributed by atoms with E-state index in [-0.39, 0.29) is 5.56 Å². The van der Waals surface area contributed by atoms with Crippen molar-refractivity contribution in [2.45, 2.75) is 0 Å². The molecule has 124 valence electrons. The van der Waals surface area contributed by atoms with E-state index >= 15 is 0 Å². The van der Waals surface area contributed by atoms with Gasteiger partial charge in [-0.3, -0.25) is 4.79 Å². The van der Waals surface area contributed by atoms with Crippen molar-refractivity contribution in [3.8, 4) is 33.6 Å². The molecule has 0 amide bonds. The fourth-order valence-electron chi connectivity index (χ4n) is 2.69. The van der Waals surface area contributed by atoms with Gasteiger partial charge in [0.2, 0.25) is 0 Å². The highest BCUT2D eigenvalue weighted by Crippen LogP contribution is 2.24. The lowest BCUT2D eigenvalue weighted by atomic mass is 10.1. The number of aromatic nitrogens is 3. The Hall–Kier alpha value is -3.56. The van der Waals surface area contributed by atoms with Crippen LogP contribution < -0.4 is 5.56 Å². The van der Waals surface area contributed by atoms with Crippen molar-refractivity contribution in [3.63, 3.8) is 0 Å². The Bertz CT molecular complexity index is 1160. The van der Waals surface area contributed by atoms with Gasteiger partial charge in [0.25, 0.3) is 5.56 Å². The molecule has 2 aromatic carbocycles. The minimum atomic E-state index is -0.279. The Kier molecular flexibility index (Phi) is 4.14. The van der Waals surface area contributed by atoms with Crippen molar-refractivity contribution in [3.05, 3.63) is 88.2 Å². The molecule has 0 N–H and O–H groups in total. The molecule has 0 unspecified atom stereocenters. The number of para-hydroxylation sites is 1. The third-order valence-electron chi connectivity index (χ3n) is 3.90. The van der Waals surface area contributed by atoms with Gasteiger partial charge in [-0.15, -0.1) is 11.3 Å². The van der Waals surface area contributed by atoms with Gasteiger partial charge in [-0.05, 0) is 23.8 Å². The molecule has 0 aliphatic carbocycles. The first-order valence-corrected chi connectivity index (χ1v) is 8.75. The van der Waals surface area contributed by atoms with Crippen LogP contribution in [-0.2, 0) is 0 Å². The second kappa shape index (κ2) is 6.75. The summed E-state index contributed by atoms with van der Waals surface area (Å²) in [5.74, 6) is 0. The monoisotopic (exact) mass is 356 g/mol. The smallest absolute Gasteiger partial charge is 0.267 e. The zero-order valence-corrected chi connectivity index (χ0v) is 14.4. The van der Waals surface area contributed by atoms with E-state index in [1.54, 1.807) is 36.5 Å². The van der Waals surface area contributed by atoms with E-state index in [2.05, 4.69) is 16.2 Å². The van der Waals surface area contributed by atoms with Crippen LogP contribution in [0.4, 0.5) is 0 Å². The standard InChI is InChI=1S/C20H12N4OS/c21-13-15-8-4-5-9-18(15)24-20(25)16(14-6-2-1-3-7-14)12-17(23-24)19-22-10-11-26-19/h1-12H. The van der Waals surface area contributed by atoms with Crippen LogP contribution in [-0.4, -0.2) is 14.8 Å². The summed E-state index contributed by atoms with van der Waals surface area (Å²) in [5.41, 5.74) is 2.46. The van der Waals surface area contributed by atoms with Crippen molar-refractivity contribution in [2.24, 2.45) is 0 Å². The van der Waals surface area contributed by atoms with Crippen molar-refractivity contribution in [1.82, 2.24) is 14.8 Å². The fraction of sp³-hybridized carbons (Fsp3) is 0. The summed E-state index contributed by atoms with van der Waals surface area (Å²) in [4.78, 5) is 17.4. The van der Waals surface area contributed by atoms with E-state index in [9.17, 15) is 10.1 Å². The number of hydrogen-bond acceptors (Lipinski definition) is 5. The molecule has 0 aliphatic rings. The minimum Gasteiger partial charge on any atom is -0.267 e. The van der Waals surface area contributed by atoms with Crippen molar-refractivity contribution in [1.29, 1.82) is 5.26 Å². The highest BCUT2D eigenvalue weighted by molar-refractivity contribution is 7.13. The molecular weight excluding hydrogens is 344 g/mol. The largest absolute Gasteiger partial charge is 0.279 e. The average Bonchev–Trinajstić information content (AvgIpc) is 3.24. The van der Waals surface area contributed by atoms with Gasteiger partial charge in [-0.1, -0.05) is 42.5 Å². The first-order valence-electron chi connectivity index (χ1n) is 7.87.